The van der Waals surface area contributed by atoms with Crippen molar-refractivity contribution in [3.8, 4) is 23.0 Å². The Kier molecular flexibility index (Phi) is 9.73. The zero-order valence-electron chi connectivity index (χ0n) is 29.8. The molecule has 0 unspecified atom stereocenters. The lowest BCUT2D eigenvalue weighted by Gasteiger charge is -2.51. The number of benzene rings is 6. The Morgan fingerprint density at radius 2 is 0.852 bits per heavy atom. The average Bonchev–Trinajstić information content (AvgIpc) is 3.22. The van der Waals surface area contributed by atoms with E-state index < -0.39 is 24.3 Å². The molecular weight excluding hydrogens is 677 g/mol. The number of rotatable bonds is 15. The maximum atomic E-state index is 14.2. The van der Waals surface area contributed by atoms with Crippen LogP contribution in [0.2, 0.25) is 0 Å². The molecule has 0 radical (unpaired) electrons. The molecule has 0 aliphatic carbocycles. The van der Waals surface area contributed by atoms with E-state index in [9.17, 15) is 9.59 Å². The topological polar surface area (TPSA) is 77.5 Å². The van der Waals surface area contributed by atoms with Crippen LogP contribution in [-0.2, 0) is 9.59 Å². The lowest BCUT2D eigenvalue weighted by molar-refractivity contribution is -0.172. The van der Waals surface area contributed by atoms with Gasteiger partial charge in [-0.15, -0.1) is 0 Å². The van der Waals surface area contributed by atoms with Crippen molar-refractivity contribution in [3.63, 3.8) is 0 Å². The molecule has 6 aromatic carbocycles. The van der Waals surface area contributed by atoms with Gasteiger partial charge in [0.2, 0.25) is 12.2 Å². The number of para-hydroxylation sites is 2. The summed E-state index contributed by atoms with van der Waals surface area (Å²) in [6.45, 7) is 8.75. The highest BCUT2D eigenvalue weighted by atomic mass is 16.5. The molecular formula is C46H40N2O6. The van der Waals surface area contributed by atoms with E-state index in [1.165, 1.54) is 0 Å². The molecule has 6 aromatic rings. The van der Waals surface area contributed by atoms with Gasteiger partial charge in [-0.25, -0.2) is 0 Å². The molecule has 270 valence electrons. The molecule has 54 heavy (non-hydrogen) atoms. The van der Waals surface area contributed by atoms with Crippen molar-refractivity contribution >= 4 is 33.4 Å². The van der Waals surface area contributed by atoms with Crippen LogP contribution in [0.15, 0.2) is 159 Å². The SMILES string of the molecule is C=CCOc1ccccc1[C@H]1[C@@H](Oc2cccc3ccccc23)C(=O)N1CCN1C(=O)[C@H](Oc2cccc3ccccc23)[C@@H]1c1ccccc1OCC=C. The summed E-state index contributed by atoms with van der Waals surface area (Å²) in [7, 11) is 0. The van der Waals surface area contributed by atoms with E-state index in [1.54, 1.807) is 22.0 Å². The van der Waals surface area contributed by atoms with Gasteiger partial charge in [-0.1, -0.05) is 135 Å². The number of nitrogens with zero attached hydrogens (tertiary/aromatic N) is 2. The molecule has 8 heteroatoms. The number of fused-ring (bicyclic) bond motifs is 2. The van der Waals surface area contributed by atoms with Gasteiger partial charge in [0.05, 0.1) is 0 Å². The lowest BCUT2D eigenvalue weighted by Crippen LogP contribution is -2.66. The van der Waals surface area contributed by atoms with Gasteiger partial charge in [-0.3, -0.25) is 9.59 Å². The standard InChI is InChI=1S/C46H40N2O6/c1-3-29-51-37-23-11-9-21-35(37)41-43(53-39-25-13-17-31-15-5-7-19-33(31)39)45(49)47(41)27-28-48-42(36-22-10-12-24-38(36)52-30-4-2)44(46(48)50)54-40-26-14-18-32-16-6-8-20-34(32)40/h3-26,41-44H,1-2,27-30H2/t41-,42-,43+,44+/m0/s1. The predicted molar refractivity (Wildman–Crippen MR) is 210 cm³/mol. The number of hydrogen-bond acceptors (Lipinski definition) is 6. The number of likely N-dealkylation sites (tertiary alicyclic amines) is 2. The van der Waals surface area contributed by atoms with Crippen LogP contribution in [-0.4, -0.2) is 60.1 Å². The van der Waals surface area contributed by atoms with Crippen molar-refractivity contribution < 1.29 is 28.5 Å². The summed E-state index contributed by atoms with van der Waals surface area (Å²) in [4.78, 5) is 31.9. The van der Waals surface area contributed by atoms with E-state index in [1.807, 2.05) is 133 Å². The fourth-order valence-electron chi connectivity index (χ4n) is 7.52. The molecule has 2 fully saturated rings. The van der Waals surface area contributed by atoms with Gasteiger partial charge in [0.25, 0.3) is 11.8 Å². The van der Waals surface area contributed by atoms with Crippen LogP contribution in [0.4, 0.5) is 0 Å². The highest BCUT2D eigenvalue weighted by Gasteiger charge is 2.54. The summed E-state index contributed by atoms with van der Waals surface area (Å²) in [6, 6.07) is 42.0. The second kappa shape index (κ2) is 15.2. The third-order valence-corrected chi connectivity index (χ3v) is 10.1. The zero-order valence-corrected chi connectivity index (χ0v) is 29.8. The minimum Gasteiger partial charge on any atom is -0.489 e. The second-order valence-electron chi connectivity index (χ2n) is 13.3. The molecule has 0 saturated carbocycles. The minimum atomic E-state index is -0.803. The maximum Gasteiger partial charge on any atom is 0.266 e. The smallest absolute Gasteiger partial charge is 0.266 e. The summed E-state index contributed by atoms with van der Waals surface area (Å²) >= 11 is 0. The third-order valence-electron chi connectivity index (χ3n) is 10.1. The van der Waals surface area contributed by atoms with E-state index in [2.05, 4.69) is 13.2 Å². The Morgan fingerprint density at radius 3 is 1.30 bits per heavy atom. The highest BCUT2D eigenvalue weighted by molar-refractivity contribution is 5.93. The molecule has 2 saturated heterocycles. The van der Waals surface area contributed by atoms with Gasteiger partial charge in [0, 0.05) is 35.0 Å². The van der Waals surface area contributed by atoms with Gasteiger partial charge in [-0.05, 0) is 35.0 Å². The van der Waals surface area contributed by atoms with Gasteiger partial charge in [-0.2, -0.15) is 0 Å². The van der Waals surface area contributed by atoms with Crippen molar-refractivity contribution in [2.24, 2.45) is 0 Å². The van der Waals surface area contributed by atoms with Crippen LogP contribution < -0.4 is 18.9 Å². The number of β-lactam (4-membered cyclic amide) rings is 2. The zero-order chi connectivity index (χ0) is 37.0. The predicted octanol–water partition coefficient (Wildman–Crippen LogP) is 8.48. The van der Waals surface area contributed by atoms with Crippen molar-refractivity contribution in [1.82, 2.24) is 9.80 Å². The van der Waals surface area contributed by atoms with Crippen LogP contribution in [0, 0.1) is 0 Å². The summed E-state index contributed by atoms with van der Waals surface area (Å²) in [5, 5.41) is 3.88. The van der Waals surface area contributed by atoms with Crippen molar-refractivity contribution in [3.05, 3.63) is 170 Å². The molecule has 2 amide bonds. The third kappa shape index (κ3) is 6.40. The van der Waals surface area contributed by atoms with Crippen LogP contribution in [0.5, 0.6) is 23.0 Å². The highest BCUT2D eigenvalue weighted by Crippen LogP contribution is 2.45. The summed E-state index contributed by atoms with van der Waals surface area (Å²) in [5.41, 5.74) is 1.63. The van der Waals surface area contributed by atoms with Crippen molar-refractivity contribution in [2.75, 3.05) is 26.3 Å². The van der Waals surface area contributed by atoms with Crippen molar-refractivity contribution in [1.29, 1.82) is 0 Å². The van der Waals surface area contributed by atoms with Crippen molar-refractivity contribution in [2.45, 2.75) is 24.3 Å². The molecule has 0 spiro atoms. The first kappa shape index (κ1) is 34.5. The van der Waals surface area contributed by atoms with Gasteiger partial charge < -0.3 is 28.7 Å². The molecule has 4 atom stereocenters. The van der Waals surface area contributed by atoms with Crippen LogP contribution in [0.25, 0.3) is 21.5 Å². The van der Waals surface area contributed by atoms with E-state index in [4.69, 9.17) is 18.9 Å². The Hall–Kier alpha value is -6.54. The maximum absolute atomic E-state index is 14.2. The second-order valence-corrected chi connectivity index (χ2v) is 13.3. The first-order chi connectivity index (χ1) is 26.6. The first-order valence-electron chi connectivity index (χ1n) is 18.1. The number of carbonyl (C=O) groups is 2. The average molecular weight is 717 g/mol. The summed E-state index contributed by atoms with van der Waals surface area (Å²) in [6.07, 6.45) is 1.77. The van der Waals surface area contributed by atoms with E-state index in [0.29, 0.717) is 36.2 Å². The number of hydrogen-bond donors (Lipinski definition) is 0. The van der Waals surface area contributed by atoms with Crippen LogP contribution in [0.1, 0.15) is 23.2 Å². The summed E-state index contributed by atoms with van der Waals surface area (Å²) in [5.74, 6) is 2.19. The Bertz CT molecular complexity index is 2180. The van der Waals surface area contributed by atoms with Gasteiger partial charge in [0.1, 0.15) is 48.3 Å². The lowest BCUT2D eigenvalue weighted by atomic mass is 9.88. The monoisotopic (exact) mass is 716 g/mol. The van der Waals surface area contributed by atoms with E-state index in [0.717, 1.165) is 32.7 Å². The molecule has 0 aromatic heterocycles. The van der Waals surface area contributed by atoms with E-state index in [-0.39, 0.29) is 24.9 Å². The first-order valence-corrected chi connectivity index (χ1v) is 18.1. The molecule has 8 nitrogen and oxygen atoms in total. The number of amides is 2. The largest absolute Gasteiger partial charge is 0.489 e. The van der Waals surface area contributed by atoms with E-state index >= 15 is 0 Å². The van der Waals surface area contributed by atoms with Gasteiger partial charge >= 0.3 is 0 Å². The fraction of sp³-hybridized carbons (Fsp3) is 0.174. The molecule has 2 aliphatic heterocycles. The molecule has 0 N–H and O–H groups in total. The molecule has 2 heterocycles. The fourth-order valence-corrected chi connectivity index (χ4v) is 7.52. The Labute approximate surface area is 314 Å². The summed E-state index contributed by atoms with van der Waals surface area (Å²) < 4.78 is 25.3. The molecule has 2 aliphatic rings. The molecule has 0 bridgehead atoms. The van der Waals surface area contributed by atoms with Crippen LogP contribution in [0.3, 0.4) is 0 Å². The quantitative estimate of drug-likeness (QED) is 0.0784. The number of ether oxygens (including phenoxy) is 4. The normalized spacial score (nSPS) is 19.2. The Morgan fingerprint density at radius 1 is 0.481 bits per heavy atom. The Balaban J connectivity index is 1.10. The van der Waals surface area contributed by atoms with Crippen LogP contribution >= 0.6 is 0 Å². The molecule has 8 rings (SSSR count). The number of carbonyl (C=O) groups excluding carboxylic acids is 2. The minimum absolute atomic E-state index is 0.172. The van der Waals surface area contributed by atoms with Gasteiger partial charge in [0.15, 0.2) is 0 Å².